The number of fused-ring (bicyclic) bond motifs is 1. The van der Waals surface area contributed by atoms with Crippen LogP contribution in [-0.4, -0.2) is 29.4 Å². The topological polar surface area (TPSA) is 94.3 Å². The van der Waals surface area contributed by atoms with Crippen molar-refractivity contribution in [2.75, 3.05) is 6.54 Å². The molecule has 7 heteroatoms. The molecule has 3 aromatic rings. The first-order chi connectivity index (χ1) is 13.6. The number of nitrogens with two attached hydrogens (primary N) is 1. The molecule has 3 rings (SSSR count). The number of nitrogens with zero attached hydrogens (tertiary/aromatic N) is 1. The fourth-order valence-electron chi connectivity index (χ4n) is 2.72. The number of Topliss-reactive ketones (excluding diaryl/α,β-unsaturated/α-hetero) is 1. The van der Waals surface area contributed by atoms with Crippen LogP contribution in [0.4, 0.5) is 4.79 Å². The van der Waals surface area contributed by atoms with Gasteiger partial charge in [-0.1, -0.05) is 42.5 Å². The Hall–Kier alpha value is -2.77. The molecular formula is C21H23N3O3S. The van der Waals surface area contributed by atoms with Crippen molar-refractivity contribution in [1.82, 2.24) is 10.3 Å². The van der Waals surface area contributed by atoms with Crippen LogP contribution < -0.4 is 11.1 Å². The molecule has 1 unspecified atom stereocenters. The zero-order chi connectivity index (χ0) is 19.8. The molecular weight excluding hydrogens is 374 g/mol. The Morgan fingerprint density at radius 2 is 1.82 bits per heavy atom. The second-order valence-electron chi connectivity index (χ2n) is 6.44. The summed E-state index contributed by atoms with van der Waals surface area (Å²) in [5.74, 6) is -0.128. The van der Waals surface area contributed by atoms with E-state index >= 15 is 0 Å². The van der Waals surface area contributed by atoms with Gasteiger partial charge < -0.3 is 15.8 Å². The number of alkyl carbamates (subject to hydrolysis) is 1. The summed E-state index contributed by atoms with van der Waals surface area (Å²) >= 11 is 1.37. The van der Waals surface area contributed by atoms with Gasteiger partial charge in [0.25, 0.3) is 0 Å². The van der Waals surface area contributed by atoms with Gasteiger partial charge >= 0.3 is 6.09 Å². The number of carbonyl (C=O) groups excluding carboxylic acids is 2. The van der Waals surface area contributed by atoms with Gasteiger partial charge in [0.1, 0.15) is 6.61 Å². The zero-order valence-electron chi connectivity index (χ0n) is 15.5. The van der Waals surface area contributed by atoms with Crippen LogP contribution in [0.1, 0.15) is 34.6 Å². The predicted molar refractivity (Wildman–Crippen MR) is 110 cm³/mol. The van der Waals surface area contributed by atoms with Crippen molar-refractivity contribution in [3.05, 3.63) is 65.2 Å². The van der Waals surface area contributed by atoms with Crippen LogP contribution in [0.3, 0.4) is 0 Å². The predicted octanol–water partition coefficient (Wildman–Crippen LogP) is 3.90. The van der Waals surface area contributed by atoms with Crippen molar-refractivity contribution in [2.45, 2.75) is 31.9 Å². The van der Waals surface area contributed by atoms with E-state index in [2.05, 4.69) is 10.3 Å². The summed E-state index contributed by atoms with van der Waals surface area (Å²) < 4.78 is 6.13. The lowest BCUT2D eigenvalue weighted by molar-refractivity contribution is 0.0955. The van der Waals surface area contributed by atoms with Crippen LogP contribution in [0.15, 0.2) is 54.6 Å². The van der Waals surface area contributed by atoms with Crippen molar-refractivity contribution in [3.63, 3.8) is 0 Å². The maximum absolute atomic E-state index is 12.4. The number of hydrogen-bond acceptors (Lipinski definition) is 6. The molecule has 0 saturated carbocycles. The van der Waals surface area contributed by atoms with E-state index in [4.69, 9.17) is 10.5 Å². The fraction of sp³-hybridized carbons (Fsp3) is 0.286. The highest BCUT2D eigenvalue weighted by Crippen LogP contribution is 2.22. The Kier molecular flexibility index (Phi) is 7.11. The molecule has 1 atom stereocenters. The largest absolute Gasteiger partial charge is 0.445 e. The Morgan fingerprint density at radius 3 is 2.61 bits per heavy atom. The maximum Gasteiger partial charge on any atom is 0.407 e. The van der Waals surface area contributed by atoms with Gasteiger partial charge in [-0.3, -0.25) is 4.79 Å². The Labute approximate surface area is 167 Å². The van der Waals surface area contributed by atoms with Gasteiger partial charge in [0, 0.05) is 6.54 Å². The SMILES string of the molecule is NC(CCCCNC(=O)OCc1ccccc1)C(=O)c1nc2ccccc2s1. The van der Waals surface area contributed by atoms with Crippen LogP contribution in [0, 0.1) is 0 Å². The molecule has 0 spiro atoms. The van der Waals surface area contributed by atoms with Gasteiger partial charge in [0.05, 0.1) is 16.3 Å². The van der Waals surface area contributed by atoms with Gasteiger partial charge in [-0.2, -0.15) is 0 Å². The second kappa shape index (κ2) is 9.96. The number of amides is 1. The summed E-state index contributed by atoms with van der Waals surface area (Å²) in [4.78, 5) is 28.5. The summed E-state index contributed by atoms with van der Waals surface area (Å²) in [7, 11) is 0. The summed E-state index contributed by atoms with van der Waals surface area (Å²) in [6.45, 7) is 0.726. The zero-order valence-corrected chi connectivity index (χ0v) is 16.3. The maximum atomic E-state index is 12.4. The molecule has 0 saturated heterocycles. The van der Waals surface area contributed by atoms with E-state index in [1.54, 1.807) is 0 Å². The molecule has 1 heterocycles. The third kappa shape index (κ3) is 5.61. The van der Waals surface area contributed by atoms with Crippen LogP contribution in [0.5, 0.6) is 0 Å². The first-order valence-corrected chi connectivity index (χ1v) is 10.0. The van der Waals surface area contributed by atoms with Gasteiger partial charge in [-0.15, -0.1) is 11.3 Å². The van der Waals surface area contributed by atoms with Crippen LogP contribution in [0.2, 0.25) is 0 Å². The molecule has 0 radical (unpaired) electrons. The Balaban J connectivity index is 1.33. The number of carbonyl (C=O) groups is 2. The number of rotatable bonds is 9. The highest BCUT2D eigenvalue weighted by Gasteiger charge is 2.19. The molecule has 6 nitrogen and oxygen atoms in total. The number of thiazole rings is 1. The Morgan fingerprint density at radius 1 is 1.07 bits per heavy atom. The van der Waals surface area contributed by atoms with Gasteiger partial charge in [0.2, 0.25) is 5.78 Å². The van der Waals surface area contributed by atoms with Gasteiger partial charge in [-0.05, 0) is 37.0 Å². The second-order valence-corrected chi connectivity index (χ2v) is 7.47. The normalized spacial score (nSPS) is 11.9. The van der Waals surface area contributed by atoms with Crippen molar-refractivity contribution < 1.29 is 14.3 Å². The van der Waals surface area contributed by atoms with E-state index in [0.29, 0.717) is 18.0 Å². The molecule has 28 heavy (non-hydrogen) atoms. The van der Waals surface area contributed by atoms with E-state index in [9.17, 15) is 9.59 Å². The molecule has 1 aromatic heterocycles. The Bertz CT molecular complexity index is 894. The summed E-state index contributed by atoms with van der Waals surface area (Å²) in [5, 5.41) is 3.16. The minimum Gasteiger partial charge on any atom is -0.445 e. The molecule has 2 aromatic carbocycles. The average Bonchev–Trinajstić information content (AvgIpc) is 3.16. The number of para-hydroxylation sites is 1. The molecule has 3 N–H and O–H groups in total. The van der Waals surface area contributed by atoms with Crippen LogP contribution in [-0.2, 0) is 11.3 Å². The van der Waals surface area contributed by atoms with Crippen molar-refractivity contribution in [2.24, 2.45) is 5.73 Å². The third-order valence-electron chi connectivity index (χ3n) is 4.27. The average molecular weight is 398 g/mol. The summed E-state index contributed by atoms with van der Waals surface area (Å²) in [6, 6.07) is 16.6. The molecule has 0 bridgehead atoms. The highest BCUT2D eigenvalue weighted by molar-refractivity contribution is 7.20. The lowest BCUT2D eigenvalue weighted by Crippen LogP contribution is -2.31. The van der Waals surface area contributed by atoms with Crippen molar-refractivity contribution >= 4 is 33.4 Å². The number of ether oxygens (including phenoxy) is 1. The molecule has 0 aliphatic heterocycles. The molecule has 0 aliphatic rings. The van der Waals surface area contributed by atoms with Crippen molar-refractivity contribution in [3.8, 4) is 0 Å². The highest BCUT2D eigenvalue weighted by atomic mass is 32.1. The number of ketones is 1. The van der Waals surface area contributed by atoms with Gasteiger partial charge in [-0.25, -0.2) is 9.78 Å². The number of unbranched alkanes of at least 4 members (excludes halogenated alkanes) is 1. The fourth-order valence-corrected chi connectivity index (χ4v) is 3.69. The van der Waals surface area contributed by atoms with E-state index in [1.807, 2.05) is 54.6 Å². The molecule has 0 aliphatic carbocycles. The minimum atomic E-state index is -0.578. The first-order valence-electron chi connectivity index (χ1n) is 9.23. The van der Waals surface area contributed by atoms with E-state index in [1.165, 1.54) is 11.3 Å². The molecule has 146 valence electrons. The van der Waals surface area contributed by atoms with Gasteiger partial charge in [0.15, 0.2) is 5.01 Å². The molecule has 0 fully saturated rings. The summed E-state index contributed by atoms with van der Waals surface area (Å²) in [5.41, 5.74) is 7.79. The lowest BCUT2D eigenvalue weighted by atomic mass is 10.1. The standard InChI is InChI=1S/C21H23N3O3S/c22-16(19(25)20-24-17-11-4-5-12-18(17)28-20)10-6-7-13-23-21(26)27-14-15-8-2-1-3-9-15/h1-5,8-9,11-12,16H,6-7,10,13-14,22H2,(H,23,26). The quantitative estimate of drug-likeness (QED) is 0.422. The number of nitrogens with one attached hydrogen (secondary N) is 1. The lowest BCUT2D eigenvalue weighted by Gasteiger charge is -2.09. The van der Waals surface area contributed by atoms with Crippen molar-refractivity contribution in [1.29, 1.82) is 0 Å². The number of aromatic nitrogens is 1. The minimum absolute atomic E-state index is 0.128. The smallest absolute Gasteiger partial charge is 0.407 e. The monoisotopic (exact) mass is 397 g/mol. The number of hydrogen-bond donors (Lipinski definition) is 2. The summed E-state index contributed by atoms with van der Waals surface area (Å²) in [6.07, 6.45) is 1.56. The van der Waals surface area contributed by atoms with E-state index in [-0.39, 0.29) is 12.4 Å². The molecule has 1 amide bonds. The van der Waals surface area contributed by atoms with E-state index < -0.39 is 12.1 Å². The third-order valence-corrected chi connectivity index (χ3v) is 5.32. The van der Waals surface area contributed by atoms with E-state index in [0.717, 1.165) is 28.6 Å². The first kappa shape index (κ1) is 20.0. The van der Waals surface area contributed by atoms with Crippen LogP contribution >= 0.6 is 11.3 Å². The van der Waals surface area contributed by atoms with Crippen LogP contribution in [0.25, 0.3) is 10.2 Å². The number of benzene rings is 2.